The zero-order valence-corrected chi connectivity index (χ0v) is 6.22. The van der Waals surface area contributed by atoms with Gasteiger partial charge in [0.05, 0.1) is 6.61 Å². The van der Waals surface area contributed by atoms with E-state index < -0.39 is 0 Å². The summed E-state index contributed by atoms with van der Waals surface area (Å²) in [5.74, 6) is -0.359. The topological polar surface area (TPSA) is 26.3 Å². The summed E-state index contributed by atoms with van der Waals surface area (Å²) < 4.78 is 4.43. The van der Waals surface area contributed by atoms with E-state index in [9.17, 15) is 4.79 Å². The zero-order valence-electron chi connectivity index (χ0n) is 6.22. The number of hydrogen-bond donors (Lipinski definition) is 0. The van der Waals surface area contributed by atoms with E-state index in [0.29, 0.717) is 6.61 Å². The highest BCUT2D eigenvalue weighted by Crippen LogP contribution is 1.74. The van der Waals surface area contributed by atoms with Gasteiger partial charge in [0.2, 0.25) is 0 Å². The fraction of sp³-hybridized carbons (Fsp3) is 0.250. The van der Waals surface area contributed by atoms with Crippen molar-refractivity contribution < 1.29 is 9.53 Å². The number of hydrogen-bond acceptors (Lipinski definition) is 2. The highest BCUT2D eigenvalue weighted by Gasteiger charge is 1.86. The normalized spacial score (nSPS) is 6.10. The highest BCUT2D eigenvalue weighted by molar-refractivity contribution is 5.81. The second-order valence-corrected chi connectivity index (χ2v) is 1.21. The first-order valence-corrected chi connectivity index (χ1v) is 2.81. The van der Waals surface area contributed by atoms with Crippen LogP contribution in [0.2, 0.25) is 0 Å². The summed E-state index contributed by atoms with van der Waals surface area (Å²) >= 11 is 0. The van der Waals surface area contributed by atoms with Gasteiger partial charge in [-0.3, -0.25) is 0 Å². The molecule has 0 aliphatic carbocycles. The van der Waals surface area contributed by atoms with E-state index >= 15 is 0 Å². The molecule has 0 bridgehead atoms. The highest BCUT2D eigenvalue weighted by atomic mass is 16.5. The van der Waals surface area contributed by atoms with E-state index in [2.05, 4.69) is 30.2 Å². The van der Waals surface area contributed by atoms with Crippen LogP contribution in [0.1, 0.15) is 6.92 Å². The molecule has 2 heteroatoms. The van der Waals surface area contributed by atoms with E-state index in [0.717, 1.165) is 6.08 Å². The Balaban J connectivity index is 0. The van der Waals surface area contributed by atoms with Gasteiger partial charge < -0.3 is 4.74 Å². The molecule has 0 aromatic heterocycles. The lowest BCUT2D eigenvalue weighted by Gasteiger charge is -1.90. The van der Waals surface area contributed by atoms with Gasteiger partial charge in [-0.2, -0.15) is 0 Å². The fourth-order valence-electron chi connectivity index (χ4n) is 0.201. The molecule has 0 N–H and O–H groups in total. The fourth-order valence-corrected chi connectivity index (χ4v) is 0.201. The van der Waals surface area contributed by atoms with Gasteiger partial charge in [-0.25, -0.2) is 4.79 Å². The van der Waals surface area contributed by atoms with Crippen molar-refractivity contribution in [3.63, 3.8) is 0 Å². The Hall–Kier alpha value is -1.27. The van der Waals surface area contributed by atoms with Crippen LogP contribution in [0.25, 0.3) is 0 Å². The Morgan fingerprint density at radius 1 is 1.70 bits per heavy atom. The van der Waals surface area contributed by atoms with Crippen molar-refractivity contribution in [2.24, 2.45) is 0 Å². The Labute approximate surface area is 61.5 Å². The van der Waals surface area contributed by atoms with Crippen LogP contribution < -0.4 is 0 Å². The first-order chi connectivity index (χ1) is 4.72. The van der Waals surface area contributed by atoms with Gasteiger partial charge in [-0.1, -0.05) is 19.7 Å². The van der Waals surface area contributed by atoms with E-state index in [1.807, 2.05) is 0 Å². The van der Waals surface area contributed by atoms with Crippen molar-refractivity contribution in [3.05, 3.63) is 31.5 Å². The first kappa shape index (κ1) is 11.5. The molecule has 56 valence electrons. The van der Waals surface area contributed by atoms with Crippen LogP contribution in [-0.4, -0.2) is 12.6 Å². The minimum atomic E-state index is -0.359. The number of ether oxygens (including phenoxy) is 1. The molecule has 0 amide bonds. The van der Waals surface area contributed by atoms with Gasteiger partial charge in [0.1, 0.15) is 0 Å². The minimum absolute atomic E-state index is 0.359. The number of rotatable bonds is 2. The van der Waals surface area contributed by atoms with Crippen molar-refractivity contribution in [1.82, 2.24) is 0 Å². The molecule has 0 saturated heterocycles. The Morgan fingerprint density at radius 2 is 2.10 bits per heavy atom. The van der Waals surface area contributed by atoms with Crippen molar-refractivity contribution in [1.29, 1.82) is 0 Å². The summed E-state index contributed by atoms with van der Waals surface area (Å²) in [5, 5.41) is 0. The second kappa shape index (κ2) is 10.7. The van der Waals surface area contributed by atoms with E-state index in [-0.39, 0.29) is 5.97 Å². The summed E-state index contributed by atoms with van der Waals surface area (Å²) in [4.78, 5) is 10.1. The Bertz CT molecular complexity index is 130. The molecule has 0 aliphatic heterocycles. The summed E-state index contributed by atoms with van der Waals surface area (Å²) in [7, 11) is 0. The Kier molecular flexibility index (Phi) is 12.3. The van der Waals surface area contributed by atoms with E-state index in [1.54, 1.807) is 6.92 Å². The molecule has 0 heterocycles. The van der Waals surface area contributed by atoms with Crippen LogP contribution in [0.3, 0.4) is 0 Å². The molecule has 0 aromatic rings. The zero-order chi connectivity index (χ0) is 8.41. The molecule has 0 fully saturated rings. The number of esters is 1. The number of carbonyl (C=O) groups is 1. The molecule has 0 atom stereocenters. The van der Waals surface area contributed by atoms with Gasteiger partial charge in [-0.15, -0.1) is 5.73 Å². The quantitative estimate of drug-likeness (QED) is 0.331. The average Bonchev–Trinajstić information content (AvgIpc) is 1.90. The van der Waals surface area contributed by atoms with Crippen LogP contribution in [-0.2, 0) is 9.53 Å². The third-order valence-corrected chi connectivity index (χ3v) is 0.453. The van der Waals surface area contributed by atoms with E-state index in [1.165, 1.54) is 0 Å². The van der Waals surface area contributed by atoms with Gasteiger partial charge in [0, 0.05) is 6.08 Å². The minimum Gasteiger partial charge on any atom is -0.463 e. The molecule has 10 heavy (non-hydrogen) atoms. The third-order valence-electron chi connectivity index (χ3n) is 0.453. The lowest BCUT2D eigenvalue weighted by molar-refractivity contribution is -0.137. The van der Waals surface area contributed by atoms with Crippen molar-refractivity contribution in [2.75, 3.05) is 6.61 Å². The van der Waals surface area contributed by atoms with Gasteiger partial charge >= 0.3 is 5.97 Å². The van der Waals surface area contributed by atoms with Crippen LogP contribution in [0.15, 0.2) is 31.5 Å². The summed E-state index contributed by atoms with van der Waals surface area (Å²) in [6, 6.07) is 0. The van der Waals surface area contributed by atoms with Crippen molar-refractivity contribution in [2.45, 2.75) is 6.92 Å². The van der Waals surface area contributed by atoms with Crippen LogP contribution in [0.4, 0.5) is 0 Å². The van der Waals surface area contributed by atoms with Crippen LogP contribution >= 0.6 is 0 Å². The van der Waals surface area contributed by atoms with Crippen molar-refractivity contribution in [3.8, 4) is 0 Å². The molecule has 0 aromatic carbocycles. The molecule has 0 rings (SSSR count). The van der Waals surface area contributed by atoms with Gasteiger partial charge in [0.25, 0.3) is 0 Å². The van der Waals surface area contributed by atoms with Crippen LogP contribution in [0, 0.1) is 0 Å². The first-order valence-electron chi connectivity index (χ1n) is 2.81. The monoisotopic (exact) mass is 140 g/mol. The van der Waals surface area contributed by atoms with Gasteiger partial charge in [0.15, 0.2) is 0 Å². The average molecular weight is 140 g/mol. The Morgan fingerprint density at radius 3 is 2.20 bits per heavy atom. The lowest BCUT2D eigenvalue weighted by atomic mass is 10.6. The lowest BCUT2D eigenvalue weighted by Crippen LogP contribution is -1.97. The molecule has 0 radical (unpaired) electrons. The molecule has 0 unspecified atom stereocenters. The maximum Gasteiger partial charge on any atom is 0.330 e. The molecular weight excluding hydrogens is 128 g/mol. The molecule has 0 saturated carbocycles. The SMILES string of the molecule is C=C=C.C=CC(=O)OCC. The number of carbonyl (C=O) groups excluding carboxylic acids is 1. The van der Waals surface area contributed by atoms with Crippen molar-refractivity contribution >= 4 is 5.97 Å². The standard InChI is InChI=1S/C5H8O2.C3H4/c1-3-5(6)7-4-2;1-3-2/h3H,1,4H2,2H3;1-2H2. The summed E-state index contributed by atoms with van der Waals surface area (Å²) in [6.07, 6.45) is 1.14. The second-order valence-electron chi connectivity index (χ2n) is 1.21. The molecule has 0 spiro atoms. The van der Waals surface area contributed by atoms with E-state index in [4.69, 9.17) is 0 Å². The molecular formula is C8H12O2. The predicted octanol–water partition coefficient (Wildman–Crippen LogP) is 1.69. The van der Waals surface area contributed by atoms with Gasteiger partial charge in [-0.05, 0) is 6.92 Å². The maximum absolute atomic E-state index is 10.1. The largest absolute Gasteiger partial charge is 0.463 e. The summed E-state index contributed by atoms with van der Waals surface area (Å²) in [5.41, 5.74) is 2.25. The van der Waals surface area contributed by atoms with Crippen LogP contribution in [0.5, 0.6) is 0 Å². The molecule has 2 nitrogen and oxygen atoms in total. The predicted molar refractivity (Wildman–Crippen MR) is 41.6 cm³/mol. The third kappa shape index (κ3) is 15.9. The molecule has 0 aliphatic rings. The maximum atomic E-state index is 10.1. The summed E-state index contributed by atoms with van der Waals surface area (Å²) in [6.45, 7) is 11.6. The smallest absolute Gasteiger partial charge is 0.330 e.